The summed E-state index contributed by atoms with van der Waals surface area (Å²) in [5.74, 6) is -1.78. The third-order valence-electron chi connectivity index (χ3n) is 3.89. The number of hydrogen-bond donors (Lipinski definition) is 2. The number of para-hydroxylation sites is 1. The van der Waals surface area contributed by atoms with E-state index in [1.807, 2.05) is 0 Å². The summed E-state index contributed by atoms with van der Waals surface area (Å²) < 4.78 is 29.1. The van der Waals surface area contributed by atoms with Crippen LogP contribution in [0.15, 0.2) is 30.3 Å². The third-order valence-corrected chi connectivity index (χ3v) is 5.19. The molecule has 1 saturated heterocycles. The summed E-state index contributed by atoms with van der Waals surface area (Å²) >= 11 is 0. The summed E-state index contributed by atoms with van der Waals surface area (Å²) in [7, 11) is -3.27. The van der Waals surface area contributed by atoms with E-state index in [0.29, 0.717) is 18.5 Å². The number of carbonyl (C=O) groups is 3. The van der Waals surface area contributed by atoms with Crippen molar-refractivity contribution in [2.24, 2.45) is 5.92 Å². The molecule has 10 heteroatoms. The SMILES string of the molecule is CS(=O)(=O)N1CCC(C(=O)OCC(=O)NC(=O)Nc2ccccc2)CC1. The third kappa shape index (κ3) is 6.12. The lowest BCUT2D eigenvalue weighted by atomic mass is 9.98. The van der Waals surface area contributed by atoms with Crippen LogP contribution in [0.5, 0.6) is 0 Å². The number of nitrogens with one attached hydrogen (secondary N) is 2. The van der Waals surface area contributed by atoms with E-state index in [-0.39, 0.29) is 13.1 Å². The molecule has 1 aromatic rings. The van der Waals surface area contributed by atoms with Crippen LogP contribution in [0.4, 0.5) is 10.5 Å². The Balaban J connectivity index is 1.70. The predicted molar refractivity (Wildman–Crippen MR) is 93.7 cm³/mol. The van der Waals surface area contributed by atoms with Gasteiger partial charge >= 0.3 is 12.0 Å². The lowest BCUT2D eigenvalue weighted by Gasteiger charge is -2.28. The fraction of sp³-hybridized carbons (Fsp3) is 0.438. The van der Waals surface area contributed by atoms with Crippen LogP contribution in [0.1, 0.15) is 12.8 Å². The van der Waals surface area contributed by atoms with Crippen molar-refractivity contribution < 1.29 is 27.5 Å². The van der Waals surface area contributed by atoms with E-state index in [1.54, 1.807) is 30.3 Å². The fourth-order valence-electron chi connectivity index (χ4n) is 2.52. The van der Waals surface area contributed by atoms with Gasteiger partial charge in [-0.25, -0.2) is 17.5 Å². The Hall–Kier alpha value is -2.46. The number of amides is 3. The highest BCUT2D eigenvalue weighted by atomic mass is 32.2. The van der Waals surface area contributed by atoms with Gasteiger partial charge in [-0.3, -0.25) is 14.9 Å². The summed E-state index contributed by atoms with van der Waals surface area (Å²) in [6.07, 6.45) is 1.79. The molecule has 1 heterocycles. The Morgan fingerprint density at radius 2 is 1.77 bits per heavy atom. The molecule has 0 spiro atoms. The first-order valence-electron chi connectivity index (χ1n) is 8.03. The standard InChI is InChI=1S/C16H21N3O6S/c1-26(23,24)19-9-7-12(8-10-19)15(21)25-11-14(20)18-16(22)17-13-5-3-2-4-6-13/h2-6,12H,7-11H2,1H3,(H2,17,18,20,22). The number of sulfonamides is 1. The molecule has 0 aromatic heterocycles. The number of rotatable bonds is 5. The maximum absolute atomic E-state index is 12.0. The van der Waals surface area contributed by atoms with Crippen molar-refractivity contribution in [3.63, 3.8) is 0 Å². The van der Waals surface area contributed by atoms with Crippen molar-refractivity contribution in [1.29, 1.82) is 0 Å². The Kier molecular flexibility index (Phi) is 6.70. The van der Waals surface area contributed by atoms with E-state index in [9.17, 15) is 22.8 Å². The van der Waals surface area contributed by atoms with Crippen molar-refractivity contribution >= 4 is 33.6 Å². The van der Waals surface area contributed by atoms with Crippen LogP contribution < -0.4 is 10.6 Å². The first-order chi connectivity index (χ1) is 12.3. The number of imide groups is 1. The molecule has 0 saturated carbocycles. The van der Waals surface area contributed by atoms with Crippen molar-refractivity contribution in [1.82, 2.24) is 9.62 Å². The molecule has 142 valence electrons. The van der Waals surface area contributed by atoms with Crippen LogP contribution in [-0.4, -0.2) is 56.6 Å². The van der Waals surface area contributed by atoms with Crippen LogP contribution in [0.2, 0.25) is 0 Å². The van der Waals surface area contributed by atoms with Gasteiger partial charge in [-0.15, -0.1) is 0 Å². The van der Waals surface area contributed by atoms with Gasteiger partial charge in [0.05, 0.1) is 12.2 Å². The van der Waals surface area contributed by atoms with Crippen molar-refractivity contribution in [3.8, 4) is 0 Å². The van der Waals surface area contributed by atoms with Crippen molar-refractivity contribution in [2.75, 3.05) is 31.3 Å². The monoisotopic (exact) mass is 383 g/mol. The summed E-state index contributed by atoms with van der Waals surface area (Å²) in [5.41, 5.74) is 0.521. The zero-order chi connectivity index (χ0) is 19.2. The van der Waals surface area contributed by atoms with Crippen LogP contribution in [-0.2, 0) is 24.3 Å². The number of hydrogen-bond acceptors (Lipinski definition) is 6. The summed E-state index contributed by atoms with van der Waals surface area (Å²) in [6, 6.07) is 7.84. The molecule has 9 nitrogen and oxygen atoms in total. The number of benzene rings is 1. The molecule has 0 aliphatic carbocycles. The van der Waals surface area contributed by atoms with Crippen molar-refractivity contribution in [3.05, 3.63) is 30.3 Å². The highest BCUT2D eigenvalue weighted by molar-refractivity contribution is 7.88. The molecule has 1 fully saturated rings. The second kappa shape index (κ2) is 8.77. The quantitative estimate of drug-likeness (QED) is 0.716. The van der Waals surface area contributed by atoms with E-state index in [2.05, 4.69) is 10.6 Å². The maximum atomic E-state index is 12.0. The Morgan fingerprint density at radius 3 is 2.35 bits per heavy atom. The van der Waals surface area contributed by atoms with Crippen LogP contribution in [0.3, 0.4) is 0 Å². The molecule has 2 rings (SSSR count). The molecule has 3 amide bonds. The largest absolute Gasteiger partial charge is 0.455 e. The first kappa shape index (κ1) is 19.9. The van der Waals surface area contributed by atoms with Gasteiger partial charge in [0.2, 0.25) is 10.0 Å². The number of piperidine rings is 1. The second-order valence-corrected chi connectivity index (χ2v) is 7.89. The normalized spacial score (nSPS) is 15.9. The van der Waals surface area contributed by atoms with E-state index < -0.39 is 40.5 Å². The molecule has 1 aliphatic rings. The highest BCUT2D eigenvalue weighted by Crippen LogP contribution is 2.20. The van der Waals surface area contributed by atoms with Gasteiger partial charge in [0.15, 0.2) is 6.61 Å². The minimum atomic E-state index is -3.27. The zero-order valence-electron chi connectivity index (χ0n) is 14.3. The Labute approximate surface area is 151 Å². The number of urea groups is 1. The summed E-state index contributed by atoms with van der Waals surface area (Å²) in [5, 5.41) is 4.53. The smallest absolute Gasteiger partial charge is 0.325 e. The predicted octanol–water partition coefficient (Wildman–Crippen LogP) is 0.549. The van der Waals surface area contributed by atoms with Gasteiger partial charge in [0.25, 0.3) is 5.91 Å². The number of esters is 1. The molecule has 2 N–H and O–H groups in total. The highest BCUT2D eigenvalue weighted by Gasteiger charge is 2.30. The van der Waals surface area contributed by atoms with E-state index >= 15 is 0 Å². The Morgan fingerprint density at radius 1 is 1.15 bits per heavy atom. The average Bonchev–Trinajstić information content (AvgIpc) is 2.59. The summed E-state index contributed by atoms with van der Waals surface area (Å²) in [6.45, 7) is -0.0953. The molecule has 0 unspecified atom stereocenters. The number of anilines is 1. The fourth-order valence-corrected chi connectivity index (χ4v) is 3.40. The van der Waals surface area contributed by atoms with Crippen LogP contribution in [0, 0.1) is 5.92 Å². The van der Waals surface area contributed by atoms with Gasteiger partial charge in [0.1, 0.15) is 0 Å². The van der Waals surface area contributed by atoms with Crippen molar-refractivity contribution in [2.45, 2.75) is 12.8 Å². The minimum absolute atomic E-state index is 0.240. The minimum Gasteiger partial charge on any atom is -0.455 e. The first-order valence-corrected chi connectivity index (χ1v) is 9.88. The van der Waals surface area contributed by atoms with E-state index in [4.69, 9.17) is 4.74 Å². The van der Waals surface area contributed by atoms with Gasteiger partial charge in [0, 0.05) is 18.8 Å². The molecule has 0 atom stereocenters. The molecule has 1 aromatic carbocycles. The lowest BCUT2D eigenvalue weighted by molar-refractivity contribution is -0.153. The molecular formula is C16H21N3O6S. The topological polar surface area (TPSA) is 122 Å². The summed E-state index contributed by atoms with van der Waals surface area (Å²) in [4.78, 5) is 35.3. The maximum Gasteiger partial charge on any atom is 0.325 e. The van der Waals surface area contributed by atoms with Gasteiger partial charge < -0.3 is 10.1 Å². The average molecular weight is 383 g/mol. The number of nitrogens with zero attached hydrogens (tertiary/aromatic N) is 1. The molecule has 26 heavy (non-hydrogen) atoms. The van der Waals surface area contributed by atoms with E-state index in [1.165, 1.54) is 4.31 Å². The van der Waals surface area contributed by atoms with Crippen LogP contribution >= 0.6 is 0 Å². The lowest BCUT2D eigenvalue weighted by Crippen LogP contribution is -2.41. The Bertz CT molecular complexity index is 757. The molecular weight excluding hydrogens is 362 g/mol. The molecule has 0 radical (unpaired) electrons. The van der Waals surface area contributed by atoms with Gasteiger partial charge in [-0.05, 0) is 25.0 Å². The van der Waals surface area contributed by atoms with E-state index in [0.717, 1.165) is 6.26 Å². The number of ether oxygens (including phenoxy) is 1. The number of carbonyl (C=O) groups excluding carboxylic acids is 3. The zero-order valence-corrected chi connectivity index (χ0v) is 15.1. The van der Waals surface area contributed by atoms with Gasteiger partial charge in [-0.2, -0.15) is 0 Å². The second-order valence-electron chi connectivity index (χ2n) is 5.91. The molecule has 0 bridgehead atoms. The van der Waals surface area contributed by atoms with Gasteiger partial charge in [-0.1, -0.05) is 18.2 Å². The van der Waals surface area contributed by atoms with Crippen LogP contribution in [0.25, 0.3) is 0 Å². The molecule has 1 aliphatic heterocycles.